The summed E-state index contributed by atoms with van der Waals surface area (Å²) in [6, 6.07) is 1.84. The van der Waals surface area contributed by atoms with Gasteiger partial charge in [-0.3, -0.25) is 9.59 Å². The van der Waals surface area contributed by atoms with Crippen molar-refractivity contribution in [1.29, 1.82) is 5.26 Å². The second-order valence-corrected chi connectivity index (χ2v) is 4.37. The molecule has 0 aliphatic carbocycles. The Morgan fingerprint density at radius 2 is 2.24 bits per heavy atom. The Balaban J connectivity index is 3.06. The van der Waals surface area contributed by atoms with Gasteiger partial charge in [0, 0.05) is 6.92 Å². The quantitative estimate of drug-likeness (QED) is 0.603. The first kappa shape index (κ1) is 13.3. The molecular formula is C11H12N2O3S. The van der Waals surface area contributed by atoms with Crippen LogP contribution in [0.25, 0.3) is 0 Å². The van der Waals surface area contributed by atoms with Gasteiger partial charge in [-0.05, 0) is 13.8 Å². The lowest BCUT2D eigenvalue weighted by Gasteiger charge is -2.04. The molecule has 5 nitrogen and oxygen atoms in total. The first-order valence-electron chi connectivity index (χ1n) is 5.05. The molecule has 0 saturated carbocycles. The zero-order valence-electron chi connectivity index (χ0n) is 9.81. The molecule has 0 radical (unpaired) electrons. The number of ketones is 1. The molecule has 17 heavy (non-hydrogen) atoms. The van der Waals surface area contributed by atoms with Crippen molar-refractivity contribution in [3.05, 3.63) is 15.6 Å². The van der Waals surface area contributed by atoms with E-state index in [1.165, 1.54) is 6.92 Å². The SMILES string of the molecule is CCOC(=O)C(C#N)c1nc(C)c(C(C)=O)s1. The van der Waals surface area contributed by atoms with Crippen molar-refractivity contribution < 1.29 is 14.3 Å². The summed E-state index contributed by atoms with van der Waals surface area (Å²) in [7, 11) is 0. The van der Waals surface area contributed by atoms with E-state index in [1.54, 1.807) is 13.8 Å². The third kappa shape index (κ3) is 2.88. The van der Waals surface area contributed by atoms with Crippen LogP contribution in [0.3, 0.4) is 0 Å². The molecule has 0 fully saturated rings. The van der Waals surface area contributed by atoms with Crippen molar-refractivity contribution in [2.75, 3.05) is 6.61 Å². The van der Waals surface area contributed by atoms with Crippen molar-refractivity contribution in [2.24, 2.45) is 0 Å². The van der Waals surface area contributed by atoms with E-state index < -0.39 is 11.9 Å². The predicted octanol–water partition coefficient (Wildman–Crippen LogP) is 1.82. The largest absolute Gasteiger partial charge is 0.465 e. The van der Waals surface area contributed by atoms with E-state index in [-0.39, 0.29) is 12.4 Å². The molecule has 0 amide bonds. The highest BCUT2D eigenvalue weighted by Crippen LogP contribution is 2.26. The monoisotopic (exact) mass is 252 g/mol. The minimum absolute atomic E-state index is 0.119. The number of esters is 1. The van der Waals surface area contributed by atoms with Crippen LogP contribution < -0.4 is 0 Å². The Morgan fingerprint density at radius 3 is 2.65 bits per heavy atom. The van der Waals surface area contributed by atoms with Gasteiger partial charge in [-0.1, -0.05) is 0 Å². The average Bonchev–Trinajstić information content (AvgIpc) is 2.62. The number of carbonyl (C=O) groups excluding carboxylic acids is 2. The molecule has 0 aliphatic heterocycles. The number of ether oxygens (including phenoxy) is 1. The van der Waals surface area contributed by atoms with Crippen LogP contribution in [0.2, 0.25) is 0 Å². The minimum atomic E-state index is -1.05. The molecule has 0 aliphatic rings. The highest BCUT2D eigenvalue weighted by molar-refractivity contribution is 7.14. The van der Waals surface area contributed by atoms with E-state index in [0.29, 0.717) is 15.6 Å². The summed E-state index contributed by atoms with van der Waals surface area (Å²) in [5, 5.41) is 9.26. The van der Waals surface area contributed by atoms with Gasteiger partial charge in [0.1, 0.15) is 5.01 Å². The third-order valence-corrected chi connectivity index (χ3v) is 3.35. The number of aromatic nitrogens is 1. The van der Waals surface area contributed by atoms with Gasteiger partial charge in [0.15, 0.2) is 11.7 Å². The van der Waals surface area contributed by atoms with Crippen molar-refractivity contribution in [2.45, 2.75) is 26.7 Å². The van der Waals surface area contributed by atoms with Gasteiger partial charge in [-0.25, -0.2) is 4.98 Å². The number of aryl methyl sites for hydroxylation is 1. The summed E-state index contributed by atoms with van der Waals surface area (Å²) in [4.78, 5) is 27.3. The van der Waals surface area contributed by atoms with Gasteiger partial charge in [-0.15, -0.1) is 11.3 Å². The fourth-order valence-electron chi connectivity index (χ4n) is 1.30. The lowest BCUT2D eigenvalue weighted by molar-refractivity contribution is -0.143. The summed E-state index contributed by atoms with van der Waals surface area (Å²) in [5.41, 5.74) is 0.544. The van der Waals surface area contributed by atoms with Crippen LogP contribution in [0.1, 0.15) is 40.1 Å². The highest BCUT2D eigenvalue weighted by Gasteiger charge is 2.26. The molecule has 1 aromatic heterocycles. The van der Waals surface area contributed by atoms with Crippen LogP contribution in [0.15, 0.2) is 0 Å². The van der Waals surface area contributed by atoms with Gasteiger partial charge >= 0.3 is 5.97 Å². The highest BCUT2D eigenvalue weighted by atomic mass is 32.1. The molecule has 1 atom stereocenters. The molecule has 6 heteroatoms. The first-order valence-corrected chi connectivity index (χ1v) is 5.87. The molecule has 1 heterocycles. The maximum atomic E-state index is 11.5. The molecule has 0 N–H and O–H groups in total. The molecule has 0 bridgehead atoms. The van der Waals surface area contributed by atoms with Crippen molar-refractivity contribution in [3.8, 4) is 6.07 Å². The number of thiazole rings is 1. The number of nitrogens with zero attached hydrogens (tertiary/aromatic N) is 2. The molecule has 1 unspecified atom stereocenters. The Hall–Kier alpha value is -1.74. The fraction of sp³-hybridized carbons (Fsp3) is 0.455. The first-order chi connectivity index (χ1) is 8.01. The third-order valence-electron chi connectivity index (χ3n) is 2.03. The van der Waals surface area contributed by atoms with Gasteiger partial charge in [-0.2, -0.15) is 5.26 Å². The maximum absolute atomic E-state index is 11.5. The zero-order valence-corrected chi connectivity index (χ0v) is 10.6. The topological polar surface area (TPSA) is 80.1 Å². The minimum Gasteiger partial charge on any atom is -0.465 e. The Labute approximate surface area is 103 Å². The average molecular weight is 252 g/mol. The van der Waals surface area contributed by atoms with Crippen molar-refractivity contribution in [3.63, 3.8) is 0 Å². The molecule has 0 saturated heterocycles. The molecule has 1 aromatic rings. The second kappa shape index (κ2) is 5.55. The summed E-state index contributed by atoms with van der Waals surface area (Å²) in [5.74, 6) is -1.79. The van der Waals surface area contributed by atoms with Gasteiger partial charge in [0.2, 0.25) is 0 Å². The van der Waals surface area contributed by atoms with E-state index in [0.717, 1.165) is 11.3 Å². The number of carbonyl (C=O) groups is 2. The van der Waals surface area contributed by atoms with Crippen LogP contribution >= 0.6 is 11.3 Å². The van der Waals surface area contributed by atoms with E-state index in [2.05, 4.69) is 4.98 Å². The summed E-state index contributed by atoms with van der Waals surface area (Å²) in [6.07, 6.45) is 0. The van der Waals surface area contributed by atoms with Crippen molar-refractivity contribution in [1.82, 2.24) is 4.98 Å². The van der Waals surface area contributed by atoms with E-state index in [4.69, 9.17) is 10.00 Å². The second-order valence-electron chi connectivity index (χ2n) is 3.34. The van der Waals surface area contributed by atoms with E-state index >= 15 is 0 Å². The lowest BCUT2D eigenvalue weighted by Crippen LogP contribution is -2.14. The fourth-order valence-corrected chi connectivity index (χ4v) is 2.30. The van der Waals surface area contributed by atoms with Crippen LogP contribution in [0.4, 0.5) is 0 Å². The number of nitriles is 1. The van der Waals surface area contributed by atoms with Crippen LogP contribution in [0.5, 0.6) is 0 Å². The summed E-state index contributed by atoms with van der Waals surface area (Å²) in [6.45, 7) is 4.98. The normalized spacial score (nSPS) is 11.6. The Kier molecular flexibility index (Phi) is 4.35. The van der Waals surface area contributed by atoms with Crippen LogP contribution in [-0.2, 0) is 9.53 Å². The number of hydrogen-bond donors (Lipinski definition) is 0. The van der Waals surface area contributed by atoms with Crippen LogP contribution in [0, 0.1) is 18.3 Å². The number of rotatable bonds is 4. The zero-order chi connectivity index (χ0) is 13.0. The van der Waals surface area contributed by atoms with Gasteiger partial charge in [0.05, 0.1) is 23.2 Å². The molecule has 90 valence electrons. The summed E-state index contributed by atoms with van der Waals surface area (Å²) < 4.78 is 4.78. The molecule has 0 spiro atoms. The van der Waals surface area contributed by atoms with Gasteiger partial charge < -0.3 is 4.74 Å². The molecule has 1 rings (SSSR count). The summed E-state index contributed by atoms with van der Waals surface area (Å²) >= 11 is 1.07. The number of hydrogen-bond acceptors (Lipinski definition) is 6. The van der Waals surface area contributed by atoms with E-state index in [1.807, 2.05) is 6.07 Å². The van der Waals surface area contributed by atoms with Crippen molar-refractivity contribution >= 4 is 23.1 Å². The van der Waals surface area contributed by atoms with E-state index in [9.17, 15) is 9.59 Å². The number of Topliss-reactive ketones (excluding diaryl/α,β-unsaturated/α-hetero) is 1. The van der Waals surface area contributed by atoms with Crippen LogP contribution in [-0.4, -0.2) is 23.3 Å². The predicted molar refractivity (Wildman–Crippen MR) is 61.8 cm³/mol. The maximum Gasteiger partial charge on any atom is 0.330 e. The molecule has 0 aromatic carbocycles. The standard InChI is InChI=1S/C11H12N2O3S/c1-4-16-11(15)8(5-12)10-13-6(2)9(17-10)7(3)14/h8H,4H2,1-3H3. The smallest absolute Gasteiger partial charge is 0.330 e. The Bertz CT molecular complexity index is 487. The molecular weight excluding hydrogens is 240 g/mol. The Morgan fingerprint density at radius 1 is 1.59 bits per heavy atom. The van der Waals surface area contributed by atoms with Gasteiger partial charge in [0.25, 0.3) is 0 Å². The lowest BCUT2D eigenvalue weighted by atomic mass is 10.2.